The van der Waals surface area contributed by atoms with Gasteiger partial charge in [0.05, 0.1) is 37.5 Å². The monoisotopic (exact) mass is 400 g/mol. The van der Waals surface area contributed by atoms with E-state index >= 15 is 0 Å². The summed E-state index contributed by atoms with van der Waals surface area (Å²) in [6.07, 6.45) is 3.56. The molecule has 1 fully saturated rings. The van der Waals surface area contributed by atoms with E-state index in [0.717, 1.165) is 35.7 Å². The van der Waals surface area contributed by atoms with Gasteiger partial charge in [-0.15, -0.1) is 0 Å². The van der Waals surface area contributed by atoms with Crippen LogP contribution in [0, 0.1) is 0 Å². The Balaban J connectivity index is 1.77. The summed E-state index contributed by atoms with van der Waals surface area (Å²) >= 11 is 0. The fourth-order valence-electron chi connectivity index (χ4n) is 4.68. The Morgan fingerprint density at radius 1 is 1.10 bits per heavy atom. The molecule has 0 N–H and O–H groups in total. The number of benzene rings is 2. The summed E-state index contributed by atoms with van der Waals surface area (Å²) in [5, 5.41) is 2.37. The molecular formula is C24H24N4O2. The zero-order valence-corrected chi connectivity index (χ0v) is 17.2. The van der Waals surface area contributed by atoms with Crippen LogP contribution in [0.5, 0.6) is 0 Å². The average molecular weight is 400 g/mol. The number of rotatable bonds is 3. The third-order valence-corrected chi connectivity index (χ3v) is 6.07. The lowest BCUT2D eigenvalue weighted by atomic mass is 9.93. The number of fused-ring (bicyclic) bond motifs is 1. The summed E-state index contributed by atoms with van der Waals surface area (Å²) in [6, 6.07) is 14.7. The van der Waals surface area contributed by atoms with Gasteiger partial charge in [0.1, 0.15) is 5.82 Å². The Hall–Kier alpha value is -3.34. The molecule has 0 radical (unpaired) electrons. The molecule has 1 unspecified atom stereocenters. The highest BCUT2D eigenvalue weighted by atomic mass is 16.5. The largest absolute Gasteiger partial charge is 0.378 e. The molecule has 0 aliphatic carbocycles. The van der Waals surface area contributed by atoms with Crippen LogP contribution in [0.2, 0.25) is 0 Å². The van der Waals surface area contributed by atoms with Gasteiger partial charge in [0.25, 0.3) is 0 Å². The molecule has 2 aliphatic heterocycles. The van der Waals surface area contributed by atoms with Crippen molar-refractivity contribution in [2.24, 2.45) is 7.05 Å². The summed E-state index contributed by atoms with van der Waals surface area (Å²) in [5.74, 6) is 3.14. The molecule has 1 atom stereocenters. The van der Waals surface area contributed by atoms with Gasteiger partial charge in [-0.25, -0.2) is 9.78 Å². The Bertz CT molecular complexity index is 1180. The predicted octanol–water partition coefficient (Wildman–Crippen LogP) is 3.24. The van der Waals surface area contributed by atoms with E-state index in [0.29, 0.717) is 18.9 Å². The van der Waals surface area contributed by atoms with E-state index in [9.17, 15) is 4.79 Å². The van der Waals surface area contributed by atoms with E-state index in [1.165, 1.54) is 10.8 Å². The maximum absolute atomic E-state index is 12.3. The number of hydrogen-bond donors (Lipinski definition) is 0. The summed E-state index contributed by atoms with van der Waals surface area (Å²) in [4.78, 5) is 20.9. The van der Waals surface area contributed by atoms with Crippen LogP contribution in [0.1, 0.15) is 12.5 Å². The molecule has 152 valence electrons. The van der Waals surface area contributed by atoms with Gasteiger partial charge in [-0.2, -0.15) is 0 Å². The van der Waals surface area contributed by atoms with Crippen molar-refractivity contribution in [2.75, 3.05) is 31.2 Å². The second-order valence-electron chi connectivity index (χ2n) is 7.75. The zero-order chi connectivity index (χ0) is 20.7. The first kappa shape index (κ1) is 18.7. The lowest BCUT2D eigenvalue weighted by Crippen LogP contribution is -2.37. The first-order valence-corrected chi connectivity index (χ1v) is 10.3. The van der Waals surface area contributed by atoms with E-state index in [2.05, 4.69) is 70.1 Å². The molecule has 3 heterocycles. The topological polar surface area (TPSA) is 50.6 Å². The standard InChI is InChI=1S/C24H24N4O2/c1-17-23(20-9-5-7-18-6-3-4-8-19(18)20)24(27-10-12-30-13-11-27)21(15-29)28(17)22-14-25-16-26(22)2/h3-9,14,16-17H,10-13H2,1-2H3. The minimum Gasteiger partial charge on any atom is -0.378 e. The Morgan fingerprint density at radius 2 is 1.87 bits per heavy atom. The van der Waals surface area contributed by atoms with Gasteiger partial charge >= 0.3 is 0 Å². The molecule has 5 rings (SSSR count). The lowest BCUT2D eigenvalue weighted by Gasteiger charge is -2.31. The number of hydrogen-bond acceptors (Lipinski definition) is 5. The summed E-state index contributed by atoms with van der Waals surface area (Å²) in [7, 11) is 1.95. The van der Waals surface area contributed by atoms with E-state index in [4.69, 9.17) is 4.74 Å². The highest BCUT2D eigenvalue weighted by Gasteiger charge is 2.40. The van der Waals surface area contributed by atoms with Gasteiger partial charge in [-0.05, 0) is 23.3 Å². The van der Waals surface area contributed by atoms with Crippen LogP contribution in [0.15, 0.2) is 66.4 Å². The number of carbonyl (C=O) groups excluding carboxylic acids is 1. The minimum atomic E-state index is -0.0412. The van der Waals surface area contributed by atoms with Crippen LogP contribution in [-0.4, -0.2) is 52.7 Å². The molecule has 1 saturated heterocycles. The van der Waals surface area contributed by atoms with Crippen molar-refractivity contribution in [1.82, 2.24) is 14.5 Å². The molecule has 6 nitrogen and oxygen atoms in total. The van der Waals surface area contributed by atoms with Crippen LogP contribution >= 0.6 is 0 Å². The third kappa shape index (κ3) is 2.84. The molecule has 0 bridgehead atoms. The molecule has 0 amide bonds. The molecule has 2 aliphatic rings. The molecule has 0 saturated carbocycles. The summed E-state index contributed by atoms with van der Waals surface area (Å²) < 4.78 is 7.53. The third-order valence-electron chi connectivity index (χ3n) is 6.07. The number of ether oxygens (including phenoxy) is 1. The predicted molar refractivity (Wildman–Crippen MR) is 118 cm³/mol. The quantitative estimate of drug-likeness (QED) is 0.632. The van der Waals surface area contributed by atoms with Crippen LogP contribution < -0.4 is 4.90 Å². The van der Waals surface area contributed by atoms with Gasteiger partial charge in [-0.1, -0.05) is 42.5 Å². The molecule has 30 heavy (non-hydrogen) atoms. The molecule has 2 aromatic carbocycles. The number of aryl methyl sites for hydroxylation is 1. The fraction of sp³-hybridized carbons (Fsp3) is 0.292. The Labute approximate surface area is 175 Å². The van der Waals surface area contributed by atoms with E-state index in [-0.39, 0.29) is 6.04 Å². The fourth-order valence-corrected chi connectivity index (χ4v) is 4.68. The van der Waals surface area contributed by atoms with Crippen molar-refractivity contribution >= 4 is 28.1 Å². The first-order chi connectivity index (χ1) is 14.7. The number of nitrogens with zero attached hydrogens (tertiary/aromatic N) is 4. The number of anilines is 1. The van der Waals surface area contributed by atoms with Crippen LogP contribution in [-0.2, 0) is 16.6 Å². The maximum atomic E-state index is 12.3. The number of morpholine rings is 1. The van der Waals surface area contributed by atoms with E-state index in [1.54, 1.807) is 12.5 Å². The smallest absolute Gasteiger partial charge is 0.153 e. The SMILES string of the molecule is CC1C(c2cccc3ccccc23)=C(N2CCOCC2)C(=C=O)N1c1cncn1C. The second kappa shape index (κ2) is 7.48. The van der Waals surface area contributed by atoms with Crippen LogP contribution in [0.25, 0.3) is 16.3 Å². The number of imidazole rings is 1. The molecule has 1 aromatic heterocycles. The highest BCUT2D eigenvalue weighted by molar-refractivity contribution is 6.00. The van der Waals surface area contributed by atoms with Crippen LogP contribution in [0.3, 0.4) is 0 Å². The normalized spacial score (nSPS) is 19.7. The van der Waals surface area contributed by atoms with E-state index in [1.807, 2.05) is 11.6 Å². The van der Waals surface area contributed by atoms with Gasteiger partial charge < -0.3 is 19.1 Å². The summed E-state index contributed by atoms with van der Waals surface area (Å²) in [6.45, 7) is 4.95. The van der Waals surface area contributed by atoms with Gasteiger partial charge in [-0.3, -0.25) is 0 Å². The van der Waals surface area contributed by atoms with Crippen molar-refractivity contribution in [3.63, 3.8) is 0 Å². The van der Waals surface area contributed by atoms with Crippen molar-refractivity contribution in [1.29, 1.82) is 0 Å². The van der Waals surface area contributed by atoms with Gasteiger partial charge in [0.2, 0.25) is 0 Å². The van der Waals surface area contributed by atoms with Crippen molar-refractivity contribution in [3.05, 3.63) is 71.9 Å². The molecule has 0 spiro atoms. The summed E-state index contributed by atoms with van der Waals surface area (Å²) in [5.41, 5.74) is 3.82. The zero-order valence-electron chi connectivity index (χ0n) is 17.2. The van der Waals surface area contributed by atoms with Crippen molar-refractivity contribution < 1.29 is 9.53 Å². The van der Waals surface area contributed by atoms with Crippen molar-refractivity contribution in [3.8, 4) is 0 Å². The second-order valence-corrected chi connectivity index (χ2v) is 7.75. The first-order valence-electron chi connectivity index (χ1n) is 10.3. The molecular weight excluding hydrogens is 376 g/mol. The molecule has 3 aromatic rings. The lowest BCUT2D eigenvalue weighted by molar-refractivity contribution is 0.0553. The van der Waals surface area contributed by atoms with Gasteiger partial charge in [0.15, 0.2) is 11.6 Å². The van der Waals surface area contributed by atoms with Crippen LogP contribution in [0.4, 0.5) is 5.82 Å². The average Bonchev–Trinajstić information content (AvgIpc) is 3.33. The highest BCUT2D eigenvalue weighted by Crippen LogP contribution is 2.44. The minimum absolute atomic E-state index is 0.0412. The van der Waals surface area contributed by atoms with E-state index < -0.39 is 0 Å². The molecule has 6 heteroatoms. The van der Waals surface area contributed by atoms with Gasteiger partial charge in [0, 0.05) is 25.7 Å². The Kier molecular flexibility index (Phi) is 4.66. The number of aromatic nitrogens is 2. The Morgan fingerprint density at radius 3 is 2.60 bits per heavy atom. The van der Waals surface area contributed by atoms with Crippen molar-refractivity contribution in [2.45, 2.75) is 13.0 Å². The maximum Gasteiger partial charge on any atom is 0.153 e.